The van der Waals surface area contributed by atoms with Gasteiger partial charge in [-0.2, -0.15) is 0 Å². The van der Waals surface area contributed by atoms with Crippen molar-refractivity contribution < 1.29 is 14.3 Å². The Hall–Kier alpha value is -1.88. The van der Waals surface area contributed by atoms with Crippen molar-refractivity contribution in [1.82, 2.24) is 5.32 Å². The molecule has 1 heterocycles. The molecular formula is C18H26N2O3. The second kappa shape index (κ2) is 7.59. The van der Waals surface area contributed by atoms with Crippen molar-refractivity contribution in [2.24, 2.45) is 0 Å². The number of rotatable bonds is 5. The molecule has 0 radical (unpaired) electrons. The molecule has 0 spiro atoms. The topological polar surface area (TPSA) is 67.4 Å². The van der Waals surface area contributed by atoms with Gasteiger partial charge in [-0.3, -0.25) is 9.59 Å². The zero-order valence-corrected chi connectivity index (χ0v) is 14.1. The van der Waals surface area contributed by atoms with Crippen LogP contribution in [0.2, 0.25) is 0 Å². The Morgan fingerprint density at radius 2 is 1.87 bits per heavy atom. The average molecular weight is 318 g/mol. The van der Waals surface area contributed by atoms with Crippen LogP contribution in [0.15, 0.2) is 24.3 Å². The molecule has 23 heavy (non-hydrogen) atoms. The number of hydrogen-bond donors (Lipinski definition) is 2. The lowest BCUT2D eigenvalue weighted by atomic mass is 9.87. The van der Waals surface area contributed by atoms with E-state index in [0.29, 0.717) is 12.2 Å². The molecule has 0 aliphatic carbocycles. The molecule has 1 aromatic carbocycles. The minimum Gasteiger partial charge on any atom is -0.376 e. The fraction of sp³-hybridized carbons (Fsp3) is 0.556. The number of anilines is 1. The average Bonchev–Trinajstić information content (AvgIpc) is 2.98. The zero-order valence-electron chi connectivity index (χ0n) is 14.1. The predicted molar refractivity (Wildman–Crippen MR) is 90.4 cm³/mol. The van der Waals surface area contributed by atoms with E-state index in [9.17, 15) is 9.59 Å². The summed E-state index contributed by atoms with van der Waals surface area (Å²) in [5.41, 5.74) is 1.98. The number of amides is 2. The highest BCUT2D eigenvalue weighted by molar-refractivity contribution is 6.03. The van der Waals surface area contributed by atoms with E-state index in [0.717, 1.165) is 19.4 Å². The first-order valence-electron chi connectivity index (χ1n) is 8.13. The first kappa shape index (κ1) is 17.5. The molecule has 1 atom stereocenters. The van der Waals surface area contributed by atoms with Crippen molar-refractivity contribution in [1.29, 1.82) is 0 Å². The van der Waals surface area contributed by atoms with Crippen LogP contribution in [0.1, 0.15) is 45.6 Å². The normalized spacial score (nSPS) is 17.8. The molecule has 2 amide bonds. The Balaban J connectivity index is 1.76. The molecule has 0 bridgehead atoms. The van der Waals surface area contributed by atoms with E-state index in [1.807, 2.05) is 24.3 Å². The number of nitrogens with one attached hydrogen (secondary N) is 2. The predicted octanol–water partition coefficient (Wildman–Crippen LogP) is 2.61. The third kappa shape index (κ3) is 5.67. The largest absolute Gasteiger partial charge is 0.376 e. The van der Waals surface area contributed by atoms with E-state index in [1.54, 1.807) is 0 Å². The molecule has 1 aliphatic rings. The summed E-state index contributed by atoms with van der Waals surface area (Å²) in [7, 11) is 0. The van der Waals surface area contributed by atoms with Crippen molar-refractivity contribution >= 4 is 17.5 Å². The van der Waals surface area contributed by atoms with Crippen molar-refractivity contribution in [3.8, 4) is 0 Å². The van der Waals surface area contributed by atoms with Crippen LogP contribution < -0.4 is 10.6 Å². The van der Waals surface area contributed by atoms with Crippen LogP contribution in [0.25, 0.3) is 0 Å². The van der Waals surface area contributed by atoms with Crippen LogP contribution in [-0.4, -0.2) is 31.1 Å². The SMILES string of the molecule is CC(C)(C)c1ccc(NC(=O)CC(=O)NCC2CCCO2)cc1. The fourth-order valence-electron chi connectivity index (χ4n) is 2.50. The van der Waals surface area contributed by atoms with Gasteiger partial charge in [-0.1, -0.05) is 32.9 Å². The highest BCUT2D eigenvalue weighted by Gasteiger charge is 2.17. The summed E-state index contributed by atoms with van der Waals surface area (Å²) >= 11 is 0. The Labute approximate surface area is 137 Å². The van der Waals surface area contributed by atoms with E-state index in [4.69, 9.17) is 4.74 Å². The maximum absolute atomic E-state index is 11.9. The molecule has 1 unspecified atom stereocenters. The number of carbonyl (C=O) groups is 2. The highest BCUT2D eigenvalue weighted by Crippen LogP contribution is 2.23. The van der Waals surface area contributed by atoms with E-state index in [2.05, 4.69) is 31.4 Å². The first-order valence-corrected chi connectivity index (χ1v) is 8.13. The summed E-state index contributed by atoms with van der Waals surface area (Å²) in [5, 5.41) is 5.49. The van der Waals surface area contributed by atoms with Crippen LogP contribution in [0.4, 0.5) is 5.69 Å². The van der Waals surface area contributed by atoms with Crippen molar-refractivity contribution in [2.75, 3.05) is 18.5 Å². The molecule has 1 aromatic rings. The molecule has 5 nitrogen and oxygen atoms in total. The lowest BCUT2D eigenvalue weighted by Gasteiger charge is -2.19. The second-order valence-corrected chi connectivity index (χ2v) is 6.99. The molecular weight excluding hydrogens is 292 g/mol. The van der Waals surface area contributed by atoms with Gasteiger partial charge in [0.25, 0.3) is 0 Å². The van der Waals surface area contributed by atoms with Crippen LogP contribution in [0.5, 0.6) is 0 Å². The molecule has 1 saturated heterocycles. The van der Waals surface area contributed by atoms with Crippen LogP contribution in [-0.2, 0) is 19.7 Å². The number of benzene rings is 1. The van der Waals surface area contributed by atoms with Gasteiger partial charge in [0.05, 0.1) is 6.10 Å². The van der Waals surface area contributed by atoms with Gasteiger partial charge in [-0.05, 0) is 36.0 Å². The van der Waals surface area contributed by atoms with E-state index in [1.165, 1.54) is 5.56 Å². The minimum atomic E-state index is -0.307. The molecule has 2 N–H and O–H groups in total. The van der Waals surface area contributed by atoms with Crippen LogP contribution in [0, 0.1) is 0 Å². The monoisotopic (exact) mass is 318 g/mol. The maximum Gasteiger partial charge on any atom is 0.233 e. The summed E-state index contributed by atoms with van der Waals surface area (Å²) < 4.78 is 5.43. The fourth-order valence-corrected chi connectivity index (χ4v) is 2.50. The zero-order chi connectivity index (χ0) is 16.9. The standard InChI is InChI=1S/C18H26N2O3/c1-18(2,3)13-6-8-14(9-7-13)20-17(22)11-16(21)19-12-15-5-4-10-23-15/h6-9,15H,4-5,10-12H2,1-3H3,(H,19,21)(H,20,22). The third-order valence-corrected chi connectivity index (χ3v) is 3.91. The van der Waals surface area contributed by atoms with Gasteiger partial charge in [-0.25, -0.2) is 0 Å². The Kier molecular flexibility index (Phi) is 5.77. The molecule has 126 valence electrons. The van der Waals surface area contributed by atoms with Gasteiger partial charge in [0.2, 0.25) is 11.8 Å². The quantitative estimate of drug-likeness (QED) is 0.820. The molecule has 1 aliphatic heterocycles. The van der Waals surface area contributed by atoms with Gasteiger partial charge in [0.1, 0.15) is 6.42 Å². The van der Waals surface area contributed by atoms with Gasteiger partial charge < -0.3 is 15.4 Å². The smallest absolute Gasteiger partial charge is 0.233 e. The van der Waals surface area contributed by atoms with Gasteiger partial charge in [0.15, 0.2) is 0 Å². The van der Waals surface area contributed by atoms with Crippen LogP contribution in [0.3, 0.4) is 0 Å². The Bertz CT molecular complexity index is 540. The van der Waals surface area contributed by atoms with Crippen molar-refractivity contribution in [3.05, 3.63) is 29.8 Å². The number of carbonyl (C=O) groups excluding carboxylic acids is 2. The minimum absolute atomic E-state index is 0.0741. The maximum atomic E-state index is 11.9. The summed E-state index contributed by atoms with van der Waals surface area (Å²) in [6, 6.07) is 7.71. The lowest BCUT2D eigenvalue weighted by Crippen LogP contribution is -2.34. The van der Waals surface area contributed by atoms with Gasteiger partial charge in [-0.15, -0.1) is 0 Å². The summed E-state index contributed by atoms with van der Waals surface area (Å²) in [5.74, 6) is -0.581. The third-order valence-electron chi connectivity index (χ3n) is 3.91. The van der Waals surface area contributed by atoms with Crippen LogP contribution >= 0.6 is 0 Å². The van der Waals surface area contributed by atoms with E-state index in [-0.39, 0.29) is 29.8 Å². The van der Waals surface area contributed by atoms with Gasteiger partial charge in [0, 0.05) is 18.8 Å². The Morgan fingerprint density at radius 3 is 2.43 bits per heavy atom. The number of hydrogen-bond acceptors (Lipinski definition) is 3. The lowest BCUT2D eigenvalue weighted by molar-refractivity contribution is -0.127. The van der Waals surface area contributed by atoms with Crippen molar-refractivity contribution in [3.63, 3.8) is 0 Å². The molecule has 0 saturated carbocycles. The molecule has 5 heteroatoms. The second-order valence-electron chi connectivity index (χ2n) is 6.99. The summed E-state index contributed by atoms with van der Waals surface area (Å²) in [4.78, 5) is 23.7. The van der Waals surface area contributed by atoms with E-state index >= 15 is 0 Å². The summed E-state index contributed by atoms with van der Waals surface area (Å²) in [6.07, 6.45) is 1.92. The summed E-state index contributed by atoms with van der Waals surface area (Å²) in [6.45, 7) is 7.65. The molecule has 0 aromatic heterocycles. The Morgan fingerprint density at radius 1 is 1.17 bits per heavy atom. The molecule has 2 rings (SSSR count). The van der Waals surface area contributed by atoms with Crippen molar-refractivity contribution in [2.45, 2.75) is 51.6 Å². The first-order chi connectivity index (χ1) is 10.8. The van der Waals surface area contributed by atoms with E-state index < -0.39 is 0 Å². The van der Waals surface area contributed by atoms with Gasteiger partial charge >= 0.3 is 0 Å². The molecule has 1 fully saturated rings. The highest BCUT2D eigenvalue weighted by atomic mass is 16.5. The number of ether oxygens (including phenoxy) is 1.